The van der Waals surface area contributed by atoms with Gasteiger partial charge in [-0.25, -0.2) is 12.8 Å². The monoisotopic (exact) mass is 473 g/mol. The van der Waals surface area contributed by atoms with E-state index < -0.39 is 15.7 Å². The summed E-state index contributed by atoms with van der Waals surface area (Å²) in [4.78, 5) is 13.1. The molecule has 1 amide bonds. The van der Waals surface area contributed by atoms with Gasteiger partial charge in [-0.15, -0.1) is 0 Å². The number of nitrogens with zero attached hydrogens (tertiary/aromatic N) is 2. The summed E-state index contributed by atoms with van der Waals surface area (Å²) in [6, 6.07) is 13.8. The molecule has 1 aromatic heterocycles. The van der Waals surface area contributed by atoms with Crippen LogP contribution in [-0.2, 0) is 21.8 Å². The lowest BCUT2D eigenvalue weighted by atomic mass is 9.92. The van der Waals surface area contributed by atoms with Gasteiger partial charge in [0.25, 0.3) is 5.91 Å². The predicted molar refractivity (Wildman–Crippen MR) is 124 cm³/mol. The zero-order valence-electron chi connectivity index (χ0n) is 19.1. The molecule has 1 N–H and O–H groups in total. The summed E-state index contributed by atoms with van der Waals surface area (Å²) >= 11 is 0. The van der Waals surface area contributed by atoms with Gasteiger partial charge in [0, 0.05) is 12.0 Å². The molecule has 176 valence electrons. The number of rotatable bonds is 8. The van der Waals surface area contributed by atoms with E-state index in [1.807, 2.05) is 20.8 Å². The summed E-state index contributed by atoms with van der Waals surface area (Å²) in [5.41, 5.74) is 1.53. The van der Waals surface area contributed by atoms with Crippen molar-refractivity contribution in [2.75, 3.05) is 19.4 Å². The first-order valence-electron chi connectivity index (χ1n) is 10.5. The van der Waals surface area contributed by atoms with E-state index in [-0.39, 0.29) is 35.0 Å². The third-order valence-electron chi connectivity index (χ3n) is 5.10. The van der Waals surface area contributed by atoms with Crippen molar-refractivity contribution >= 4 is 15.7 Å². The van der Waals surface area contributed by atoms with E-state index in [0.717, 1.165) is 11.3 Å². The van der Waals surface area contributed by atoms with Crippen molar-refractivity contribution in [2.45, 2.75) is 37.6 Å². The molecule has 2 aromatic carbocycles. The fourth-order valence-corrected chi connectivity index (χ4v) is 4.30. The van der Waals surface area contributed by atoms with Crippen molar-refractivity contribution in [1.29, 1.82) is 0 Å². The summed E-state index contributed by atoms with van der Waals surface area (Å²) in [5.74, 6) is -0.453. The van der Waals surface area contributed by atoms with E-state index >= 15 is 0 Å². The topological polar surface area (TPSA) is 90.3 Å². The Labute approximate surface area is 193 Å². The molecule has 0 radical (unpaired) electrons. The van der Waals surface area contributed by atoms with Crippen LogP contribution in [-0.4, -0.2) is 43.5 Å². The molecule has 9 heteroatoms. The fourth-order valence-electron chi connectivity index (χ4n) is 3.14. The van der Waals surface area contributed by atoms with Gasteiger partial charge in [-0.05, 0) is 48.0 Å². The molecule has 3 rings (SSSR count). The number of carbonyl (C=O) groups excluding carboxylic acids is 1. The number of hydrogen-bond acceptors (Lipinski definition) is 5. The van der Waals surface area contributed by atoms with E-state index in [1.165, 1.54) is 31.4 Å². The van der Waals surface area contributed by atoms with Crippen molar-refractivity contribution < 1.29 is 22.3 Å². The summed E-state index contributed by atoms with van der Waals surface area (Å²) in [6.45, 7) is 6.19. The number of hydrogen-bond donors (Lipinski definition) is 1. The van der Waals surface area contributed by atoms with Crippen LogP contribution in [0.2, 0.25) is 0 Å². The number of sulfone groups is 1. The number of nitrogens with one attached hydrogen (secondary N) is 1. The van der Waals surface area contributed by atoms with Crippen LogP contribution >= 0.6 is 0 Å². The Morgan fingerprint density at radius 1 is 1.09 bits per heavy atom. The molecule has 7 nitrogen and oxygen atoms in total. The van der Waals surface area contributed by atoms with E-state index in [2.05, 4.69) is 10.4 Å². The van der Waals surface area contributed by atoms with Crippen LogP contribution in [0.15, 0.2) is 59.5 Å². The van der Waals surface area contributed by atoms with Crippen molar-refractivity contribution in [3.05, 3.63) is 77.4 Å². The second-order valence-electron chi connectivity index (χ2n) is 8.70. The number of carbonyl (C=O) groups is 1. The third kappa shape index (κ3) is 6.19. The molecule has 3 aromatic rings. The van der Waals surface area contributed by atoms with Gasteiger partial charge in [0.15, 0.2) is 9.84 Å². The Balaban J connectivity index is 1.73. The smallest absolute Gasteiger partial charge is 0.269 e. The molecular weight excluding hydrogens is 445 g/mol. The number of halogens is 1. The molecular formula is C24H28FN3O4S. The van der Waals surface area contributed by atoms with Crippen molar-refractivity contribution in [1.82, 2.24) is 15.1 Å². The Morgan fingerprint density at radius 2 is 1.73 bits per heavy atom. The lowest BCUT2D eigenvalue weighted by Crippen LogP contribution is -2.31. The minimum atomic E-state index is -3.57. The first-order valence-corrected chi connectivity index (χ1v) is 12.1. The Kier molecular flexibility index (Phi) is 7.22. The lowest BCUT2D eigenvalue weighted by molar-refractivity contribution is 0.0946. The predicted octanol–water partition coefficient (Wildman–Crippen LogP) is 3.58. The zero-order valence-corrected chi connectivity index (χ0v) is 19.9. The second kappa shape index (κ2) is 9.74. The first kappa shape index (κ1) is 24.4. The minimum absolute atomic E-state index is 0.0558. The molecule has 0 fully saturated rings. The van der Waals surface area contributed by atoms with E-state index in [0.29, 0.717) is 11.4 Å². The standard InChI is InChI=1S/C24H28FN3O4S/c1-24(2,3)22-15-21(28(27-22)16-17-5-7-18(25)8-6-17)23(29)26-13-14-33(30,31)20-11-9-19(32-4)10-12-20/h5-12,15H,13-14,16H2,1-4H3,(H,26,29). The number of ether oxygens (including phenoxy) is 1. The van der Waals surface area contributed by atoms with Crippen LogP contribution in [0.4, 0.5) is 4.39 Å². The normalized spacial score (nSPS) is 11.9. The zero-order chi connectivity index (χ0) is 24.2. The van der Waals surface area contributed by atoms with Gasteiger partial charge in [0.2, 0.25) is 0 Å². The molecule has 1 heterocycles. The van der Waals surface area contributed by atoms with Gasteiger partial charge in [-0.3, -0.25) is 9.48 Å². The average molecular weight is 474 g/mol. The van der Waals surface area contributed by atoms with Crippen LogP contribution in [0.3, 0.4) is 0 Å². The van der Waals surface area contributed by atoms with Crippen molar-refractivity contribution in [3.8, 4) is 5.75 Å². The van der Waals surface area contributed by atoms with Crippen molar-refractivity contribution in [3.63, 3.8) is 0 Å². The molecule has 0 saturated carbocycles. The van der Waals surface area contributed by atoms with Gasteiger partial charge >= 0.3 is 0 Å². The molecule has 0 bridgehead atoms. The minimum Gasteiger partial charge on any atom is -0.497 e. The van der Waals surface area contributed by atoms with Crippen LogP contribution in [0.5, 0.6) is 5.75 Å². The van der Waals surface area contributed by atoms with Crippen LogP contribution < -0.4 is 10.1 Å². The van der Waals surface area contributed by atoms with E-state index in [1.54, 1.807) is 35.0 Å². The number of benzene rings is 2. The first-order chi connectivity index (χ1) is 15.5. The average Bonchev–Trinajstić information content (AvgIpc) is 3.20. The van der Waals surface area contributed by atoms with Crippen LogP contribution in [0, 0.1) is 5.82 Å². The number of methoxy groups -OCH3 is 1. The second-order valence-corrected chi connectivity index (χ2v) is 10.8. The van der Waals surface area contributed by atoms with Gasteiger partial charge in [0.1, 0.15) is 17.3 Å². The molecule has 0 unspecified atom stereocenters. The summed E-state index contributed by atoms with van der Waals surface area (Å²) in [6.07, 6.45) is 0. The summed E-state index contributed by atoms with van der Waals surface area (Å²) in [7, 11) is -2.07. The molecule has 0 spiro atoms. The maximum absolute atomic E-state index is 13.2. The van der Waals surface area contributed by atoms with E-state index in [9.17, 15) is 17.6 Å². The highest BCUT2D eigenvalue weighted by molar-refractivity contribution is 7.91. The van der Waals surface area contributed by atoms with Gasteiger partial charge in [-0.1, -0.05) is 32.9 Å². The van der Waals surface area contributed by atoms with Gasteiger partial charge in [0.05, 0.1) is 30.0 Å². The molecule has 33 heavy (non-hydrogen) atoms. The Hall–Kier alpha value is -3.20. The maximum Gasteiger partial charge on any atom is 0.269 e. The highest BCUT2D eigenvalue weighted by atomic mass is 32.2. The largest absolute Gasteiger partial charge is 0.497 e. The quantitative estimate of drug-likeness (QED) is 0.540. The molecule has 0 aliphatic carbocycles. The Morgan fingerprint density at radius 3 is 2.30 bits per heavy atom. The van der Waals surface area contributed by atoms with Crippen LogP contribution in [0.1, 0.15) is 42.5 Å². The van der Waals surface area contributed by atoms with Gasteiger partial charge in [-0.2, -0.15) is 5.10 Å². The number of aromatic nitrogens is 2. The molecule has 0 atom stereocenters. The molecule has 0 aliphatic heterocycles. The molecule has 0 saturated heterocycles. The molecule has 0 aliphatic rings. The lowest BCUT2D eigenvalue weighted by Gasteiger charge is -2.14. The summed E-state index contributed by atoms with van der Waals surface area (Å²) in [5, 5.41) is 7.26. The van der Waals surface area contributed by atoms with Crippen LogP contribution in [0.25, 0.3) is 0 Å². The third-order valence-corrected chi connectivity index (χ3v) is 6.83. The SMILES string of the molecule is COc1ccc(S(=O)(=O)CCNC(=O)c2cc(C(C)(C)C)nn2Cc2ccc(F)cc2)cc1. The Bertz CT molecular complexity index is 1210. The number of amides is 1. The highest BCUT2D eigenvalue weighted by Crippen LogP contribution is 2.22. The van der Waals surface area contributed by atoms with E-state index in [4.69, 9.17) is 4.74 Å². The fraction of sp³-hybridized carbons (Fsp3) is 0.333. The van der Waals surface area contributed by atoms with Gasteiger partial charge < -0.3 is 10.1 Å². The summed E-state index contributed by atoms with van der Waals surface area (Å²) < 4.78 is 45.0. The highest BCUT2D eigenvalue weighted by Gasteiger charge is 2.23. The maximum atomic E-state index is 13.2. The van der Waals surface area contributed by atoms with Crippen molar-refractivity contribution in [2.24, 2.45) is 0 Å².